The summed E-state index contributed by atoms with van der Waals surface area (Å²) in [5.41, 5.74) is 5.90. The van der Waals surface area contributed by atoms with E-state index < -0.39 is 65.1 Å². The van der Waals surface area contributed by atoms with E-state index in [1.54, 1.807) is 85.8 Å². The Balaban J connectivity index is 0.000000156. The Bertz CT molecular complexity index is 4800. The number of carbonyl (C=O) groups is 9. The fraction of sp³-hybridized carbons (Fsp3) is 0.0580. The summed E-state index contributed by atoms with van der Waals surface area (Å²) in [4.78, 5) is 110. The van der Waals surface area contributed by atoms with Gasteiger partial charge in [-0.2, -0.15) is 10.1 Å². The number of carbonyl (C=O) groups excluding carboxylic acids is 5. The van der Waals surface area contributed by atoms with Gasteiger partial charge < -0.3 is 39.0 Å². The summed E-state index contributed by atoms with van der Waals surface area (Å²) in [6.07, 6.45) is 4.48. The van der Waals surface area contributed by atoms with E-state index in [4.69, 9.17) is 35.4 Å². The summed E-state index contributed by atoms with van der Waals surface area (Å²) >= 11 is 7.61. The van der Waals surface area contributed by atoms with Crippen LogP contribution in [0.25, 0.3) is 52.2 Å². The number of nitrogens with zero attached hydrogens (tertiary/aromatic N) is 4. The van der Waals surface area contributed by atoms with Gasteiger partial charge in [0.2, 0.25) is 5.91 Å². The fourth-order valence-corrected chi connectivity index (χ4v) is 11.2. The van der Waals surface area contributed by atoms with Crippen molar-refractivity contribution in [1.29, 1.82) is 5.41 Å². The normalized spacial score (nSPS) is 14.9. The molecular formula is C69H48ClFN6O16S2. The van der Waals surface area contributed by atoms with Crippen molar-refractivity contribution >= 4 is 134 Å². The molecule has 2 saturated heterocycles. The number of amidine groups is 1. The number of nitrogens with one attached hydrogen (secondary N) is 2. The van der Waals surface area contributed by atoms with Crippen molar-refractivity contribution < 1.29 is 81.2 Å². The number of hydrazone groups is 1. The highest BCUT2D eigenvalue weighted by atomic mass is 35.5. The van der Waals surface area contributed by atoms with Crippen molar-refractivity contribution in [3.8, 4) is 34.0 Å². The first-order valence-electron chi connectivity index (χ1n) is 28.0. The van der Waals surface area contributed by atoms with Crippen LogP contribution in [-0.4, -0.2) is 95.5 Å². The fourth-order valence-electron chi connectivity index (χ4n) is 9.37. The Hall–Kier alpha value is -11.9. The molecule has 22 nitrogen and oxygen atoms in total. The number of hydrogen-bond donors (Lipinski definition) is 6. The first-order chi connectivity index (χ1) is 45.4. The topological polar surface area (TPSA) is 332 Å². The molecule has 3 aliphatic heterocycles. The van der Waals surface area contributed by atoms with Crippen molar-refractivity contribution in [2.45, 2.75) is 20.8 Å². The molecule has 9 aromatic rings. The standard InChI is InChI=1S/C25H20N2O6S.C23H15ClN2O6.C21H13FN2O4S/c1-14-3-7-17(8-4-14)26-22(28)13-27-23(29)21(34-25(27)32)12-18-9-10-20(33-18)19-11-16(24(30)31)6-5-15(19)2;1-12-17(21(27)26(25-12)15-4-2-3-14(9-15)22(28)29)11-16-6-8-20(32-16)13-5-7-19(24)18(10-13)23(30)31;22-14-4-6-15(7-5-14)24-19(25)18(29-21(24)23)11-16-8-9-17(28-16)12-2-1-3-13(10-12)20(26)27/h3-12H,13H2,1-2H3,(H,26,28)(H,30,31);2-11H,1H3,(H,28,29)(H,30,31);1-11,23H,(H,26,27)/b21-12-;17-11+;18-11+,23-21?. The number of benzene rings is 6. The molecule has 12 rings (SSSR count). The number of imide groups is 1. The number of aromatic carboxylic acids is 4. The number of amides is 5. The molecule has 0 bridgehead atoms. The van der Waals surface area contributed by atoms with E-state index in [9.17, 15) is 62.9 Å². The molecule has 0 spiro atoms. The number of furan rings is 3. The zero-order chi connectivity index (χ0) is 67.9. The van der Waals surface area contributed by atoms with Gasteiger partial charge in [0.15, 0.2) is 5.17 Å². The number of thioether (sulfide) groups is 2. The molecule has 5 amide bonds. The van der Waals surface area contributed by atoms with E-state index in [-0.39, 0.29) is 42.9 Å². The first-order valence-corrected chi connectivity index (χ1v) is 30.0. The van der Waals surface area contributed by atoms with Gasteiger partial charge in [-0.3, -0.25) is 39.2 Å². The predicted octanol–water partition coefficient (Wildman–Crippen LogP) is 14.6. The van der Waals surface area contributed by atoms with Crippen LogP contribution in [0.3, 0.4) is 0 Å². The number of carboxylic acids is 4. The number of halogens is 2. The zero-order valence-corrected chi connectivity index (χ0v) is 52.0. The molecular weight excluding hydrogens is 1290 g/mol. The van der Waals surface area contributed by atoms with E-state index in [0.717, 1.165) is 44.6 Å². The Morgan fingerprint density at radius 3 is 1.78 bits per heavy atom. The molecule has 95 heavy (non-hydrogen) atoms. The summed E-state index contributed by atoms with van der Waals surface area (Å²) in [6.45, 7) is 5.01. The summed E-state index contributed by atoms with van der Waals surface area (Å²) in [5, 5.41) is 52.5. The van der Waals surface area contributed by atoms with Crippen LogP contribution < -0.4 is 15.2 Å². The van der Waals surface area contributed by atoms with E-state index in [0.29, 0.717) is 78.9 Å². The van der Waals surface area contributed by atoms with Crippen molar-refractivity contribution in [3.63, 3.8) is 0 Å². The Morgan fingerprint density at radius 2 is 1.15 bits per heavy atom. The Morgan fingerprint density at radius 1 is 0.579 bits per heavy atom. The second-order valence-electron chi connectivity index (χ2n) is 20.8. The van der Waals surface area contributed by atoms with Crippen molar-refractivity contribution in [2.75, 3.05) is 21.8 Å². The highest BCUT2D eigenvalue weighted by Crippen LogP contribution is 2.38. The molecule has 0 unspecified atom stereocenters. The van der Waals surface area contributed by atoms with E-state index >= 15 is 0 Å². The van der Waals surface area contributed by atoms with Crippen LogP contribution in [0.2, 0.25) is 5.02 Å². The minimum absolute atomic E-state index is 0.00815. The van der Waals surface area contributed by atoms with Crippen LogP contribution in [0.5, 0.6) is 0 Å². The molecule has 6 heterocycles. The van der Waals surface area contributed by atoms with Gasteiger partial charge in [0, 0.05) is 34.5 Å². The zero-order valence-electron chi connectivity index (χ0n) is 49.7. The highest BCUT2D eigenvalue weighted by molar-refractivity contribution is 8.19. The van der Waals surface area contributed by atoms with Crippen LogP contribution in [-0.2, 0) is 19.2 Å². The van der Waals surface area contributed by atoms with Crippen LogP contribution in [0, 0.1) is 25.1 Å². The maximum atomic E-state index is 13.1. The third-order valence-electron chi connectivity index (χ3n) is 14.2. The molecule has 3 aliphatic rings. The highest BCUT2D eigenvalue weighted by Gasteiger charge is 2.37. The van der Waals surface area contributed by atoms with Gasteiger partial charge in [-0.1, -0.05) is 53.6 Å². The van der Waals surface area contributed by atoms with Crippen molar-refractivity contribution in [1.82, 2.24) is 4.90 Å². The monoisotopic (exact) mass is 1330 g/mol. The van der Waals surface area contributed by atoms with Gasteiger partial charge in [-0.25, -0.2) is 23.6 Å². The lowest BCUT2D eigenvalue weighted by Gasteiger charge is -2.13. The van der Waals surface area contributed by atoms with Crippen LogP contribution >= 0.6 is 35.1 Å². The summed E-state index contributed by atoms with van der Waals surface area (Å²) in [6, 6.07) is 43.9. The lowest BCUT2D eigenvalue weighted by molar-refractivity contribution is -0.127. The lowest BCUT2D eigenvalue weighted by atomic mass is 10.0. The second kappa shape index (κ2) is 28.3. The van der Waals surface area contributed by atoms with Crippen molar-refractivity contribution in [3.05, 3.63) is 247 Å². The first kappa shape index (κ1) is 66.0. The van der Waals surface area contributed by atoms with Gasteiger partial charge in [-0.05, 0) is 189 Å². The largest absolute Gasteiger partial charge is 0.478 e. The molecule has 2 fully saturated rings. The maximum Gasteiger partial charge on any atom is 0.337 e. The quantitative estimate of drug-likeness (QED) is 0.0519. The van der Waals surface area contributed by atoms with E-state index in [1.807, 2.05) is 26.0 Å². The van der Waals surface area contributed by atoms with Crippen LogP contribution in [0.15, 0.2) is 204 Å². The smallest absolute Gasteiger partial charge is 0.337 e. The summed E-state index contributed by atoms with van der Waals surface area (Å²) in [7, 11) is 0. The number of anilines is 3. The molecule has 6 aromatic carbocycles. The van der Waals surface area contributed by atoms with Gasteiger partial charge >= 0.3 is 23.9 Å². The molecule has 0 aliphatic carbocycles. The molecule has 3 aromatic heterocycles. The average molecular weight is 1340 g/mol. The third kappa shape index (κ3) is 15.4. The molecule has 0 saturated carbocycles. The maximum absolute atomic E-state index is 13.1. The second-order valence-corrected chi connectivity index (χ2v) is 23.2. The average Bonchev–Trinajstić information content (AvgIpc) is 1.68. The van der Waals surface area contributed by atoms with Crippen LogP contribution in [0.1, 0.15) is 76.8 Å². The Kier molecular flexibility index (Phi) is 19.7. The minimum Gasteiger partial charge on any atom is -0.478 e. The molecule has 476 valence electrons. The number of carboxylic acid groups (broad SMARTS) is 4. The predicted molar refractivity (Wildman–Crippen MR) is 355 cm³/mol. The summed E-state index contributed by atoms with van der Waals surface area (Å²) in [5.74, 6) is -4.29. The molecule has 26 heteroatoms. The molecule has 0 radical (unpaired) electrons. The van der Waals surface area contributed by atoms with E-state index in [1.165, 1.54) is 102 Å². The SMILES string of the molecule is CC1=NN(c2cccc(C(=O)O)c2)C(=O)/C1=C/c1ccc(-c2ccc(Cl)c(C(=O)O)c2)o1.Cc1ccc(NC(=O)CN2C(=O)S/C(=C\c3ccc(-c4cc(C(=O)O)ccc4C)o3)C2=O)cc1.N=C1S/C(=C/c2ccc(-c3cccc(C(=O)O)c3)o2)C(=O)N1c1ccc(F)cc1. The van der Waals surface area contributed by atoms with E-state index in [2.05, 4.69) is 10.4 Å². The molecule has 0 atom stereocenters. The van der Waals surface area contributed by atoms with Gasteiger partial charge in [-0.15, -0.1) is 0 Å². The van der Waals surface area contributed by atoms with Gasteiger partial charge in [0.1, 0.15) is 46.9 Å². The summed E-state index contributed by atoms with van der Waals surface area (Å²) < 4.78 is 30.4. The number of aryl methyl sites for hydroxylation is 2. The van der Waals surface area contributed by atoms with Gasteiger partial charge in [0.05, 0.1) is 59.7 Å². The minimum atomic E-state index is -1.15. The Labute approximate surface area is 551 Å². The number of rotatable bonds is 15. The van der Waals surface area contributed by atoms with Crippen molar-refractivity contribution in [2.24, 2.45) is 5.10 Å². The van der Waals surface area contributed by atoms with Crippen LogP contribution in [0.4, 0.5) is 26.2 Å². The molecule has 6 N–H and O–H groups in total. The third-order valence-corrected chi connectivity index (χ3v) is 16.3. The lowest BCUT2D eigenvalue weighted by Crippen LogP contribution is -2.36. The number of hydrogen-bond acceptors (Lipinski definition) is 16. The van der Waals surface area contributed by atoms with Gasteiger partial charge in [0.25, 0.3) is 23.0 Å².